The summed E-state index contributed by atoms with van der Waals surface area (Å²) < 4.78 is 2.31. The zero-order valence-electron chi connectivity index (χ0n) is 13.0. The summed E-state index contributed by atoms with van der Waals surface area (Å²) in [5, 5.41) is 0. The standard InChI is InChI=1S/C18H22N2/c1-11-12(2)14(4)18(15(5)13(11)3)17-10-20-8-6-7-16(20)9-19-17/h6-8H,9-10H2,1-5H3. The summed E-state index contributed by atoms with van der Waals surface area (Å²) in [6.45, 7) is 12.8. The van der Waals surface area contributed by atoms with Crippen molar-refractivity contribution in [3.8, 4) is 0 Å². The maximum Gasteiger partial charge on any atom is 0.0796 e. The summed E-state index contributed by atoms with van der Waals surface area (Å²) in [5.41, 5.74) is 10.9. The first-order chi connectivity index (χ1) is 9.50. The molecule has 1 aliphatic heterocycles. The topological polar surface area (TPSA) is 17.3 Å². The monoisotopic (exact) mass is 266 g/mol. The minimum atomic E-state index is 0.799. The van der Waals surface area contributed by atoms with Gasteiger partial charge >= 0.3 is 0 Å². The first-order valence-electron chi connectivity index (χ1n) is 7.25. The summed E-state index contributed by atoms with van der Waals surface area (Å²) in [4.78, 5) is 4.84. The Bertz CT molecular complexity index is 688. The number of nitrogens with zero attached hydrogens (tertiary/aromatic N) is 2. The number of aliphatic imine (C=N–C) groups is 1. The molecule has 2 aromatic rings. The van der Waals surface area contributed by atoms with Gasteiger partial charge in [-0.25, -0.2) is 0 Å². The quantitative estimate of drug-likeness (QED) is 0.741. The molecule has 0 unspecified atom stereocenters. The summed E-state index contributed by atoms with van der Waals surface area (Å²) in [7, 11) is 0. The Labute approximate surface area is 121 Å². The Morgan fingerprint density at radius 3 is 2.15 bits per heavy atom. The smallest absolute Gasteiger partial charge is 0.0796 e. The van der Waals surface area contributed by atoms with Crippen LogP contribution < -0.4 is 0 Å². The van der Waals surface area contributed by atoms with Crippen LogP contribution in [0.1, 0.15) is 39.1 Å². The lowest BCUT2D eigenvalue weighted by Crippen LogP contribution is -2.21. The molecule has 0 saturated heterocycles. The normalized spacial score (nSPS) is 14.2. The Hall–Kier alpha value is -1.83. The van der Waals surface area contributed by atoms with Crippen LogP contribution in [0.2, 0.25) is 0 Å². The van der Waals surface area contributed by atoms with Crippen molar-refractivity contribution in [3.05, 3.63) is 57.4 Å². The molecule has 1 aromatic heterocycles. The third kappa shape index (κ3) is 1.82. The Kier molecular flexibility index (Phi) is 3.04. The van der Waals surface area contributed by atoms with E-state index in [4.69, 9.17) is 4.99 Å². The van der Waals surface area contributed by atoms with Crippen LogP contribution in [0, 0.1) is 34.6 Å². The molecule has 20 heavy (non-hydrogen) atoms. The van der Waals surface area contributed by atoms with Crippen LogP contribution in [-0.4, -0.2) is 10.3 Å². The number of hydrogen-bond acceptors (Lipinski definition) is 1. The second-order valence-electron chi connectivity index (χ2n) is 5.89. The van der Waals surface area contributed by atoms with E-state index < -0.39 is 0 Å². The van der Waals surface area contributed by atoms with Gasteiger partial charge in [-0.05, 0) is 74.6 Å². The van der Waals surface area contributed by atoms with E-state index in [1.165, 1.54) is 44.8 Å². The molecule has 0 amide bonds. The zero-order valence-corrected chi connectivity index (χ0v) is 13.0. The van der Waals surface area contributed by atoms with Gasteiger partial charge < -0.3 is 4.57 Å². The van der Waals surface area contributed by atoms with Crippen LogP contribution in [0.4, 0.5) is 0 Å². The van der Waals surface area contributed by atoms with E-state index in [0.717, 1.165) is 13.1 Å². The lowest BCUT2D eigenvalue weighted by atomic mass is 9.87. The van der Waals surface area contributed by atoms with Gasteiger partial charge in [-0.2, -0.15) is 0 Å². The van der Waals surface area contributed by atoms with Crippen LogP contribution >= 0.6 is 0 Å². The van der Waals surface area contributed by atoms with Crippen molar-refractivity contribution in [2.75, 3.05) is 0 Å². The van der Waals surface area contributed by atoms with Gasteiger partial charge in [0, 0.05) is 17.5 Å². The highest BCUT2D eigenvalue weighted by Crippen LogP contribution is 2.28. The van der Waals surface area contributed by atoms with Gasteiger partial charge in [-0.3, -0.25) is 4.99 Å². The lowest BCUT2D eigenvalue weighted by molar-refractivity contribution is 0.746. The average molecular weight is 266 g/mol. The summed E-state index contributed by atoms with van der Waals surface area (Å²) in [6, 6.07) is 4.27. The molecule has 1 aliphatic rings. The Morgan fingerprint density at radius 1 is 0.900 bits per heavy atom. The SMILES string of the molecule is Cc1c(C)c(C)c(C2=NCc3cccn3C2)c(C)c1C. The molecule has 0 saturated carbocycles. The minimum absolute atomic E-state index is 0.799. The van der Waals surface area contributed by atoms with Crippen molar-refractivity contribution in [3.63, 3.8) is 0 Å². The molecule has 2 heterocycles. The highest BCUT2D eigenvalue weighted by molar-refractivity contribution is 6.04. The molecule has 0 fully saturated rings. The molecule has 0 atom stereocenters. The summed E-state index contributed by atoms with van der Waals surface area (Å²) >= 11 is 0. The van der Waals surface area contributed by atoms with Gasteiger partial charge in [0.05, 0.1) is 18.8 Å². The van der Waals surface area contributed by atoms with Crippen molar-refractivity contribution in [1.29, 1.82) is 0 Å². The van der Waals surface area contributed by atoms with Crippen LogP contribution in [0.25, 0.3) is 0 Å². The van der Waals surface area contributed by atoms with Gasteiger partial charge in [-0.1, -0.05) is 0 Å². The average Bonchev–Trinajstić information content (AvgIpc) is 2.91. The molecule has 3 rings (SSSR count). The van der Waals surface area contributed by atoms with E-state index in [1.54, 1.807) is 0 Å². The van der Waals surface area contributed by atoms with Crippen LogP contribution in [0.3, 0.4) is 0 Å². The van der Waals surface area contributed by atoms with Crippen molar-refractivity contribution in [2.45, 2.75) is 47.7 Å². The van der Waals surface area contributed by atoms with Gasteiger partial charge in [0.2, 0.25) is 0 Å². The highest BCUT2D eigenvalue weighted by Gasteiger charge is 2.19. The number of benzene rings is 1. The highest BCUT2D eigenvalue weighted by atomic mass is 15.0. The van der Waals surface area contributed by atoms with Gasteiger partial charge in [-0.15, -0.1) is 0 Å². The molecule has 0 radical (unpaired) electrons. The van der Waals surface area contributed by atoms with E-state index in [-0.39, 0.29) is 0 Å². The third-order valence-corrected chi connectivity index (χ3v) is 4.96. The van der Waals surface area contributed by atoms with Crippen LogP contribution in [0.15, 0.2) is 23.3 Å². The summed E-state index contributed by atoms with van der Waals surface area (Å²) in [6.07, 6.45) is 2.16. The fraction of sp³-hybridized carbons (Fsp3) is 0.389. The second kappa shape index (κ2) is 4.62. The van der Waals surface area contributed by atoms with E-state index >= 15 is 0 Å². The van der Waals surface area contributed by atoms with Crippen molar-refractivity contribution >= 4 is 5.71 Å². The minimum Gasteiger partial charge on any atom is -0.344 e. The first-order valence-corrected chi connectivity index (χ1v) is 7.25. The largest absolute Gasteiger partial charge is 0.344 e. The predicted octanol–water partition coefficient (Wildman–Crippen LogP) is 4.03. The van der Waals surface area contributed by atoms with E-state index in [0.29, 0.717) is 0 Å². The van der Waals surface area contributed by atoms with E-state index in [1.807, 2.05) is 0 Å². The first kappa shape index (κ1) is 13.2. The number of rotatable bonds is 1. The molecule has 2 nitrogen and oxygen atoms in total. The Morgan fingerprint density at radius 2 is 1.50 bits per heavy atom. The molecule has 0 N–H and O–H groups in total. The predicted molar refractivity (Wildman–Crippen MR) is 84.8 cm³/mol. The molecule has 2 heteroatoms. The number of hydrogen-bond donors (Lipinski definition) is 0. The van der Waals surface area contributed by atoms with Crippen molar-refractivity contribution in [2.24, 2.45) is 4.99 Å². The number of fused-ring (bicyclic) bond motifs is 1. The van der Waals surface area contributed by atoms with E-state index in [2.05, 4.69) is 57.5 Å². The fourth-order valence-corrected chi connectivity index (χ4v) is 3.23. The van der Waals surface area contributed by atoms with Gasteiger partial charge in [0.25, 0.3) is 0 Å². The molecule has 0 bridgehead atoms. The third-order valence-electron chi connectivity index (χ3n) is 4.96. The lowest BCUT2D eigenvalue weighted by Gasteiger charge is -2.23. The molecular formula is C18H22N2. The Balaban J connectivity index is 2.14. The van der Waals surface area contributed by atoms with Gasteiger partial charge in [0.15, 0.2) is 0 Å². The molecule has 0 aliphatic carbocycles. The maximum atomic E-state index is 4.84. The molecule has 104 valence electrons. The fourth-order valence-electron chi connectivity index (χ4n) is 3.23. The van der Waals surface area contributed by atoms with Crippen LogP contribution in [0.5, 0.6) is 0 Å². The van der Waals surface area contributed by atoms with E-state index in [9.17, 15) is 0 Å². The van der Waals surface area contributed by atoms with Gasteiger partial charge in [0.1, 0.15) is 0 Å². The second-order valence-corrected chi connectivity index (χ2v) is 5.89. The molecule has 1 aromatic carbocycles. The zero-order chi connectivity index (χ0) is 14.4. The molecular weight excluding hydrogens is 244 g/mol. The van der Waals surface area contributed by atoms with Crippen LogP contribution in [-0.2, 0) is 13.1 Å². The van der Waals surface area contributed by atoms with Crippen molar-refractivity contribution < 1.29 is 0 Å². The maximum absolute atomic E-state index is 4.84. The summed E-state index contributed by atoms with van der Waals surface area (Å²) in [5.74, 6) is 0. The van der Waals surface area contributed by atoms with Crippen molar-refractivity contribution in [1.82, 2.24) is 4.57 Å². The number of aromatic nitrogens is 1. The molecule has 0 spiro atoms.